The van der Waals surface area contributed by atoms with Gasteiger partial charge in [-0.25, -0.2) is 4.39 Å². The van der Waals surface area contributed by atoms with Gasteiger partial charge in [0.05, 0.1) is 7.11 Å². The molecule has 0 spiro atoms. The summed E-state index contributed by atoms with van der Waals surface area (Å²) in [5, 5.41) is 6.30. The summed E-state index contributed by atoms with van der Waals surface area (Å²) in [6.45, 7) is 2.82. The molecule has 1 heterocycles. The SMILES string of the molecule is COc1ccc(C(=O)NCC2CCNCC2)cc1Oc1cc(F)cc(CN)c1.Cl.Cl. The van der Waals surface area contributed by atoms with Gasteiger partial charge in [0.2, 0.25) is 0 Å². The number of ether oxygens (including phenoxy) is 2. The number of halogens is 3. The van der Waals surface area contributed by atoms with Crippen LogP contribution in [0.4, 0.5) is 4.39 Å². The lowest BCUT2D eigenvalue weighted by Gasteiger charge is -2.22. The molecule has 4 N–H and O–H groups in total. The molecule has 2 aromatic carbocycles. The van der Waals surface area contributed by atoms with Crippen LogP contribution in [0.5, 0.6) is 17.2 Å². The first-order valence-electron chi connectivity index (χ1n) is 9.43. The van der Waals surface area contributed by atoms with Gasteiger partial charge in [-0.1, -0.05) is 0 Å². The quantitative estimate of drug-likeness (QED) is 0.588. The van der Waals surface area contributed by atoms with Crippen molar-refractivity contribution in [2.24, 2.45) is 11.7 Å². The molecule has 0 bridgehead atoms. The van der Waals surface area contributed by atoms with Gasteiger partial charge in [0.15, 0.2) is 11.5 Å². The van der Waals surface area contributed by atoms with E-state index in [1.807, 2.05) is 0 Å². The lowest BCUT2D eigenvalue weighted by atomic mass is 9.98. The predicted octanol–water partition coefficient (Wildman–Crippen LogP) is 3.66. The normalized spacial score (nSPS) is 13.6. The van der Waals surface area contributed by atoms with E-state index in [4.69, 9.17) is 15.2 Å². The molecule has 0 saturated carbocycles. The Balaban J connectivity index is 0.00000225. The molecule has 1 saturated heterocycles. The lowest BCUT2D eigenvalue weighted by molar-refractivity contribution is 0.0944. The molecule has 0 unspecified atom stereocenters. The first-order valence-corrected chi connectivity index (χ1v) is 9.43. The van der Waals surface area contributed by atoms with E-state index in [9.17, 15) is 9.18 Å². The van der Waals surface area contributed by atoms with Crippen LogP contribution in [-0.2, 0) is 6.54 Å². The van der Waals surface area contributed by atoms with Crippen LogP contribution in [0.1, 0.15) is 28.8 Å². The van der Waals surface area contributed by atoms with E-state index in [1.54, 1.807) is 24.3 Å². The number of piperidine rings is 1. The van der Waals surface area contributed by atoms with Crippen molar-refractivity contribution in [2.45, 2.75) is 19.4 Å². The number of rotatable bonds is 7. The summed E-state index contributed by atoms with van der Waals surface area (Å²) in [6, 6.07) is 9.23. The van der Waals surface area contributed by atoms with Crippen molar-refractivity contribution in [3.63, 3.8) is 0 Å². The molecule has 1 aliphatic heterocycles. The van der Waals surface area contributed by atoms with Crippen molar-refractivity contribution in [1.29, 1.82) is 0 Å². The molecule has 3 rings (SSSR count). The van der Waals surface area contributed by atoms with Gasteiger partial charge in [0, 0.05) is 24.7 Å². The molecule has 2 aromatic rings. The van der Waals surface area contributed by atoms with E-state index < -0.39 is 5.82 Å². The molecule has 9 heteroatoms. The second kappa shape index (κ2) is 12.6. The third kappa shape index (κ3) is 7.02. The number of methoxy groups -OCH3 is 1. The predicted molar refractivity (Wildman–Crippen MR) is 120 cm³/mol. The first-order chi connectivity index (χ1) is 13.6. The summed E-state index contributed by atoms with van der Waals surface area (Å²) >= 11 is 0. The minimum absolute atomic E-state index is 0. The highest BCUT2D eigenvalue weighted by molar-refractivity contribution is 5.94. The summed E-state index contributed by atoms with van der Waals surface area (Å²) in [5.41, 5.74) is 6.67. The Labute approximate surface area is 188 Å². The fraction of sp³-hybridized carbons (Fsp3) is 0.381. The maximum Gasteiger partial charge on any atom is 0.251 e. The molecule has 0 aromatic heterocycles. The number of nitrogens with one attached hydrogen (secondary N) is 2. The number of nitrogens with two attached hydrogens (primary N) is 1. The smallest absolute Gasteiger partial charge is 0.251 e. The fourth-order valence-corrected chi connectivity index (χ4v) is 3.25. The van der Waals surface area contributed by atoms with Crippen molar-refractivity contribution < 1.29 is 18.7 Å². The zero-order valence-electron chi connectivity index (χ0n) is 16.8. The molecule has 1 fully saturated rings. The summed E-state index contributed by atoms with van der Waals surface area (Å²) < 4.78 is 24.9. The molecule has 6 nitrogen and oxygen atoms in total. The van der Waals surface area contributed by atoms with Crippen molar-refractivity contribution in [3.05, 3.63) is 53.3 Å². The highest BCUT2D eigenvalue weighted by Gasteiger charge is 2.16. The maximum atomic E-state index is 13.7. The van der Waals surface area contributed by atoms with Crippen molar-refractivity contribution >= 4 is 30.7 Å². The van der Waals surface area contributed by atoms with E-state index in [0.717, 1.165) is 25.9 Å². The van der Waals surface area contributed by atoms with E-state index in [1.165, 1.54) is 19.2 Å². The fourth-order valence-electron chi connectivity index (χ4n) is 3.25. The van der Waals surface area contributed by atoms with Crippen molar-refractivity contribution in [3.8, 4) is 17.2 Å². The van der Waals surface area contributed by atoms with Crippen LogP contribution in [0.3, 0.4) is 0 Å². The number of carbonyl (C=O) groups excluding carboxylic acids is 1. The lowest BCUT2D eigenvalue weighted by Crippen LogP contribution is -2.35. The van der Waals surface area contributed by atoms with Gasteiger partial charge >= 0.3 is 0 Å². The van der Waals surface area contributed by atoms with Crippen molar-refractivity contribution in [2.75, 3.05) is 26.7 Å². The van der Waals surface area contributed by atoms with E-state index >= 15 is 0 Å². The summed E-state index contributed by atoms with van der Waals surface area (Å²) in [6.07, 6.45) is 2.11. The summed E-state index contributed by atoms with van der Waals surface area (Å²) in [7, 11) is 1.51. The molecule has 1 aliphatic rings. The molecule has 1 amide bonds. The monoisotopic (exact) mass is 459 g/mol. The maximum absolute atomic E-state index is 13.7. The highest BCUT2D eigenvalue weighted by Crippen LogP contribution is 2.33. The largest absolute Gasteiger partial charge is 0.493 e. The molecule has 166 valence electrons. The summed E-state index contributed by atoms with van der Waals surface area (Å²) in [5.74, 6) is 0.965. The van der Waals surface area contributed by atoms with Crippen LogP contribution in [-0.4, -0.2) is 32.7 Å². The number of amides is 1. The van der Waals surface area contributed by atoms with Gasteiger partial charge in [-0.15, -0.1) is 24.8 Å². The second-order valence-electron chi connectivity index (χ2n) is 6.87. The zero-order valence-corrected chi connectivity index (χ0v) is 18.4. The van der Waals surface area contributed by atoms with Crippen LogP contribution in [0.2, 0.25) is 0 Å². The van der Waals surface area contributed by atoms with Gasteiger partial charge in [0.25, 0.3) is 5.91 Å². The van der Waals surface area contributed by atoms with Crippen LogP contribution in [0, 0.1) is 11.7 Å². The number of carbonyl (C=O) groups is 1. The standard InChI is InChI=1S/C21H26FN3O3.2ClH/c1-27-19-3-2-16(21(26)25-13-14-4-6-24-7-5-14)10-20(19)28-18-9-15(12-23)8-17(22)11-18;;/h2-3,8-11,14,24H,4-7,12-13,23H2,1H3,(H,25,26);2*1H. The van der Waals surface area contributed by atoms with Crippen molar-refractivity contribution in [1.82, 2.24) is 10.6 Å². The average Bonchev–Trinajstić information content (AvgIpc) is 2.72. The first kappa shape index (κ1) is 26.0. The van der Waals surface area contributed by atoms with E-state index in [0.29, 0.717) is 40.8 Å². The Morgan fingerprint density at radius 1 is 1.17 bits per heavy atom. The molecule has 0 aliphatic carbocycles. The molecular weight excluding hydrogens is 432 g/mol. The number of hydrogen-bond donors (Lipinski definition) is 3. The highest BCUT2D eigenvalue weighted by atomic mass is 35.5. The van der Waals surface area contributed by atoms with E-state index in [-0.39, 0.29) is 37.3 Å². The molecular formula is C21H28Cl2FN3O3. The van der Waals surface area contributed by atoms with Gasteiger partial charge in [-0.2, -0.15) is 0 Å². The van der Waals surface area contributed by atoms with E-state index in [2.05, 4.69) is 10.6 Å². The average molecular weight is 460 g/mol. The Bertz CT molecular complexity index is 833. The molecule has 0 radical (unpaired) electrons. The Kier molecular flexibility index (Phi) is 10.9. The van der Waals surface area contributed by atoms with Gasteiger partial charge in [-0.3, -0.25) is 4.79 Å². The third-order valence-electron chi connectivity index (χ3n) is 4.83. The van der Waals surface area contributed by atoms with Crippen LogP contribution < -0.4 is 25.8 Å². The van der Waals surface area contributed by atoms with Gasteiger partial charge < -0.3 is 25.8 Å². The zero-order chi connectivity index (χ0) is 19.9. The van der Waals surface area contributed by atoms with Crippen LogP contribution in [0.15, 0.2) is 36.4 Å². The third-order valence-corrected chi connectivity index (χ3v) is 4.83. The Hall–Kier alpha value is -2.06. The van der Waals surface area contributed by atoms with Crippen LogP contribution >= 0.6 is 24.8 Å². The minimum Gasteiger partial charge on any atom is -0.493 e. The van der Waals surface area contributed by atoms with Crippen LogP contribution in [0.25, 0.3) is 0 Å². The van der Waals surface area contributed by atoms with Gasteiger partial charge in [-0.05, 0) is 67.7 Å². The molecule has 30 heavy (non-hydrogen) atoms. The Morgan fingerprint density at radius 3 is 2.57 bits per heavy atom. The Morgan fingerprint density at radius 2 is 1.90 bits per heavy atom. The molecule has 0 atom stereocenters. The number of hydrogen-bond acceptors (Lipinski definition) is 5. The summed E-state index contributed by atoms with van der Waals surface area (Å²) in [4.78, 5) is 12.5. The topological polar surface area (TPSA) is 85.6 Å². The second-order valence-corrected chi connectivity index (χ2v) is 6.87. The van der Waals surface area contributed by atoms with Gasteiger partial charge in [0.1, 0.15) is 11.6 Å². The minimum atomic E-state index is -0.437. The number of benzene rings is 2.